The second-order valence-corrected chi connectivity index (χ2v) is 7.62. The number of carbonyl (C=O) groups excluding carboxylic acids is 3. The average Bonchev–Trinajstić information content (AvgIpc) is 3.00. The number of hydroxylamine groups is 2. The summed E-state index contributed by atoms with van der Waals surface area (Å²) in [6.07, 6.45) is 1.57. The fourth-order valence-electron chi connectivity index (χ4n) is 4.30. The van der Waals surface area contributed by atoms with Crippen LogP contribution in [0.1, 0.15) is 13.8 Å². The van der Waals surface area contributed by atoms with Crippen molar-refractivity contribution in [3.8, 4) is 0 Å². The summed E-state index contributed by atoms with van der Waals surface area (Å²) in [6, 6.07) is -0.530. The number of carbonyl (C=O) groups is 4. The second-order valence-electron chi connectivity index (χ2n) is 7.62. The zero-order valence-corrected chi connectivity index (χ0v) is 18.1. The molecule has 0 aromatic rings. The van der Waals surface area contributed by atoms with Gasteiger partial charge in [0.25, 0.3) is 0 Å². The zero-order chi connectivity index (χ0) is 24.0. The lowest BCUT2D eigenvalue weighted by atomic mass is 9.76. The van der Waals surface area contributed by atoms with Gasteiger partial charge in [0, 0.05) is 18.4 Å². The molecule has 3 N–H and O–H groups in total. The summed E-state index contributed by atoms with van der Waals surface area (Å²) in [4.78, 5) is 54.6. The molecule has 11 heteroatoms. The van der Waals surface area contributed by atoms with Crippen LogP contribution < -0.4 is 5.32 Å². The van der Waals surface area contributed by atoms with E-state index in [4.69, 9.17) is 9.57 Å². The van der Waals surface area contributed by atoms with Crippen molar-refractivity contribution in [3.63, 3.8) is 0 Å². The molecule has 2 rings (SSSR count). The van der Waals surface area contributed by atoms with Gasteiger partial charge in [0.2, 0.25) is 12.3 Å². The Bertz CT molecular complexity index is 809. The van der Waals surface area contributed by atoms with Crippen LogP contribution in [0.5, 0.6) is 0 Å². The number of fused-ring (bicyclic) bond motifs is 1. The fourth-order valence-corrected chi connectivity index (χ4v) is 4.30. The predicted molar refractivity (Wildman–Crippen MR) is 112 cm³/mol. The molecule has 32 heavy (non-hydrogen) atoms. The van der Waals surface area contributed by atoms with Gasteiger partial charge in [0.05, 0.1) is 31.2 Å². The van der Waals surface area contributed by atoms with Crippen LogP contribution in [0.25, 0.3) is 0 Å². The van der Waals surface area contributed by atoms with E-state index in [1.807, 2.05) is 0 Å². The molecule has 0 aromatic carbocycles. The number of nitrogens with one attached hydrogen (secondary N) is 1. The summed E-state index contributed by atoms with van der Waals surface area (Å²) in [6.45, 7) is 10.1. The van der Waals surface area contributed by atoms with Crippen molar-refractivity contribution < 1.29 is 39.0 Å². The Morgan fingerprint density at radius 1 is 1.31 bits per heavy atom. The van der Waals surface area contributed by atoms with Crippen LogP contribution in [0.3, 0.4) is 0 Å². The highest BCUT2D eigenvalue weighted by Crippen LogP contribution is 2.49. The van der Waals surface area contributed by atoms with Crippen molar-refractivity contribution in [2.24, 2.45) is 17.8 Å². The number of carboxylic acid groups (broad SMARTS) is 1. The number of aliphatic hydroxyl groups is 1. The zero-order valence-electron chi connectivity index (χ0n) is 18.1. The van der Waals surface area contributed by atoms with Crippen LogP contribution in [0.4, 0.5) is 4.79 Å². The molecule has 1 fully saturated rings. The summed E-state index contributed by atoms with van der Waals surface area (Å²) < 4.78 is 4.90. The molecule has 3 amide bonds. The van der Waals surface area contributed by atoms with Crippen molar-refractivity contribution in [2.45, 2.75) is 26.0 Å². The molecule has 2 aliphatic rings. The lowest BCUT2D eigenvalue weighted by molar-refractivity contribution is -0.169. The van der Waals surface area contributed by atoms with Crippen molar-refractivity contribution in [1.82, 2.24) is 15.3 Å². The minimum absolute atomic E-state index is 0.0146. The first kappa shape index (κ1) is 25.1. The Morgan fingerprint density at radius 2 is 1.97 bits per heavy atom. The van der Waals surface area contributed by atoms with Gasteiger partial charge in [0.15, 0.2) is 0 Å². The van der Waals surface area contributed by atoms with E-state index in [1.54, 1.807) is 6.92 Å². The van der Waals surface area contributed by atoms with Crippen molar-refractivity contribution in [2.75, 3.05) is 26.3 Å². The highest BCUT2D eigenvalue weighted by Gasteiger charge is 2.60. The topological polar surface area (TPSA) is 146 Å². The van der Waals surface area contributed by atoms with Gasteiger partial charge in [-0.2, -0.15) is 0 Å². The summed E-state index contributed by atoms with van der Waals surface area (Å²) >= 11 is 0. The molecule has 0 bridgehead atoms. The number of β-lactam (4-membered cyclic amide) rings is 1. The Balaban J connectivity index is 2.38. The lowest BCUT2D eigenvalue weighted by Crippen LogP contribution is -2.63. The van der Waals surface area contributed by atoms with E-state index in [2.05, 4.69) is 18.5 Å². The number of aliphatic carboxylic acids is 1. The molecule has 2 aliphatic heterocycles. The number of aliphatic hydroxyl groups excluding tert-OH is 1. The number of rotatable bonds is 13. The molecule has 11 nitrogen and oxygen atoms in total. The maximum absolute atomic E-state index is 12.6. The maximum atomic E-state index is 12.6. The largest absolute Gasteiger partial charge is 0.477 e. The standard InChI is InChI=1S/C21H29N3O8/c1-5-7-31-21(30)22-9-14(10-23(11-25)32-8-6-2)15-12(3)17-16(13(4)26)19(27)24(17)18(15)20(28)29/h5-6,11-14,16-17,26H,1-2,7-10H2,3-4H3,(H,22,30)(H,28,29)/t12?,13-,14?,16-,17-/m1/s1. The van der Waals surface area contributed by atoms with E-state index in [-0.39, 0.29) is 32.0 Å². The van der Waals surface area contributed by atoms with E-state index < -0.39 is 47.9 Å². The van der Waals surface area contributed by atoms with Crippen LogP contribution in [0.15, 0.2) is 36.6 Å². The van der Waals surface area contributed by atoms with Crippen LogP contribution >= 0.6 is 0 Å². The summed E-state index contributed by atoms with van der Waals surface area (Å²) in [7, 11) is 0. The normalized spacial score (nSPS) is 23.5. The Kier molecular flexibility index (Phi) is 8.56. The Morgan fingerprint density at radius 3 is 2.50 bits per heavy atom. The van der Waals surface area contributed by atoms with Gasteiger partial charge < -0.3 is 25.2 Å². The molecule has 2 unspecified atom stereocenters. The van der Waals surface area contributed by atoms with E-state index in [0.717, 1.165) is 5.06 Å². The van der Waals surface area contributed by atoms with Gasteiger partial charge >= 0.3 is 12.1 Å². The highest BCUT2D eigenvalue weighted by atomic mass is 16.7. The van der Waals surface area contributed by atoms with Gasteiger partial charge in [-0.05, 0) is 12.5 Å². The third-order valence-electron chi connectivity index (χ3n) is 5.57. The number of amides is 3. The van der Waals surface area contributed by atoms with Gasteiger partial charge in [0.1, 0.15) is 12.3 Å². The maximum Gasteiger partial charge on any atom is 0.407 e. The lowest BCUT2D eigenvalue weighted by Gasteiger charge is -2.46. The van der Waals surface area contributed by atoms with Crippen LogP contribution in [-0.4, -0.2) is 83.0 Å². The molecule has 2 heterocycles. The van der Waals surface area contributed by atoms with E-state index in [1.165, 1.54) is 24.0 Å². The van der Waals surface area contributed by atoms with Crippen molar-refractivity contribution >= 4 is 24.4 Å². The van der Waals surface area contributed by atoms with Gasteiger partial charge in [-0.1, -0.05) is 25.7 Å². The molecule has 176 valence electrons. The Hall–Kier alpha value is -3.18. The summed E-state index contributed by atoms with van der Waals surface area (Å²) in [5.74, 6) is -3.67. The van der Waals surface area contributed by atoms with E-state index in [0.29, 0.717) is 12.0 Å². The average molecular weight is 451 g/mol. The predicted octanol–water partition coefficient (Wildman–Crippen LogP) is 0.287. The first-order valence-corrected chi connectivity index (χ1v) is 10.1. The molecule has 0 spiro atoms. The third-order valence-corrected chi connectivity index (χ3v) is 5.57. The number of nitrogens with zero attached hydrogens (tertiary/aromatic N) is 2. The number of alkyl carbamates (subject to hydrolysis) is 1. The number of carboxylic acids is 1. The van der Waals surface area contributed by atoms with Gasteiger partial charge in [-0.25, -0.2) is 14.7 Å². The van der Waals surface area contributed by atoms with Crippen molar-refractivity contribution in [1.29, 1.82) is 0 Å². The van der Waals surface area contributed by atoms with E-state index >= 15 is 0 Å². The fraction of sp³-hybridized carbons (Fsp3) is 0.524. The molecular formula is C21H29N3O8. The van der Waals surface area contributed by atoms with Crippen LogP contribution in [0.2, 0.25) is 0 Å². The molecule has 0 aliphatic carbocycles. The minimum atomic E-state index is -1.31. The van der Waals surface area contributed by atoms with Crippen LogP contribution in [-0.2, 0) is 24.0 Å². The number of hydrogen-bond donors (Lipinski definition) is 3. The quantitative estimate of drug-likeness (QED) is 0.157. The molecule has 1 saturated heterocycles. The third kappa shape index (κ3) is 5.00. The molecular weight excluding hydrogens is 422 g/mol. The Labute approximate surface area is 185 Å². The smallest absolute Gasteiger partial charge is 0.407 e. The SMILES string of the molecule is C=CCOC(=O)NCC(CN(C=O)OCC=C)C1=C(C(=O)O)N2C(=O)[C@H]([C@@H](C)O)[C@H]2C1C. The highest BCUT2D eigenvalue weighted by molar-refractivity contribution is 6.00. The molecule has 0 radical (unpaired) electrons. The first-order chi connectivity index (χ1) is 15.2. The molecule has 0 saturated carbocycles. The first-order valence-electron chi connectivity index (χ1n) is 10.1. The van der Waals surface area contributed by atoms with E-state index in [9.17, 15) is 29.4 Å². The van der Waals surface area contributed by atoms with Gasteiger partial charge in [-0.15, -0.1) is 6.58 Å². The van der Waals surface area contributed by atoms with Crippen molar-refractivity contribution in [3.05, 3.63) is 36.6 Å². The summed E-state index contributed by atoms with van der Waals surface area (Å²) in [5, 5.41) is 23.4. The minimum Gasteiger partial charge on any atom is -0.477 e. The number of hydrogen-bond acceptors (Lipinski definition) is 7. The molecule has 5 atom stereocenters. The second kappa shape index (κ2) is 10.9. The van der Waals surface area contributed by atoms with Crippen LogP contribution in [0, 0.1) is 17.8 Å². The summed E-state index contributed by atoms with van der Waals surface area (Å²) in [5.41, 5.74) is 0.169. The van der Waals surface area contributed by atoms with Gasteiger partial charge in [-0.3, -0.25) is 14.4 Å². The monoisotopic (exact) mass is 451 g/mol. The molecule has 0 aromatic heterocycles. The number of ether oxygens (including phenoxy) is 1.